The van der Waals surface area contributed by atoms with Gasteiger partial charge >= 0.3 is 5.97 Å². The van der Waals surface area contributed by atoms with Crippen LogP contribution in [0.5, 0.6) is 5.75 Å². The van der Waals surface area contributed by atoms with Gasteiger partial charge in [-0.25, -0.2) is 4.79 Å². The zero-order valence-electron chi connectivity index (χ0n) is 19.2. The molecule has 1 fully saturated rings. The van der Waals surface area contributed by atoms with Crippen LogP contribution in [-0.2, 0) is 17.8 Å². The van der Waals surface area contributed by atoms with Gasteiger partial charge in [0.2, 0.25) is 11.3 Å². The van der Waals surface area contributed by atoms with E-state index in [-0.39, 0.29) is 19.0 Å². The number of rotatable bonds is 7. The van der Waals surface area contributed by atoms with Crippen molar-refractivity contribution in [1.29, 1.82) is 0 Å². The Bertz CT molecular complexity index is 1170. The molecule has 10 nitrogen and oxygen atoms in total. The zero-order valence-corrected chi connectivity index (χ0v) is 19.2. The monoisotopic (exact) mass is 483 g/mol. The van der Waals surface area contributed by atoms with Crippen LogP contribution in [0.25, 0.3) is 0 Å². The van der Waals surface area contributed by atoms with Crippen LogP contribution in [0.2, 0.25) is 0 Å². The standard InChI is InChI=1S/C25H29N3O7/c29-14-17(11-15-7-3-1-4-8-15)28-19(23(32)26-16-9-5-2-6-10-16)13-27-12-18(25(34)35)21(30)22(31)20(27)24(28)33/h1,3-4,7-8,12,16-17,19,29,31H,2,5-6,9-11,13-14H2,(H,26,32)(H,34,35)/t17-,19-/m1/s1. The predicted molar refractivity (Wildman–Crippen MR) is 125 cm³/mol. The lowest BCUT2D eigenvalue weighted by atomic mass is 9.94. The second kappa shape index (κ2) is 10.3. The first kappa shape index (κ1) is 24.5. The summed E-state index contributed by atoms with van der Waals surface area (Å²) in [7, 11) is 0. The largest absolute Gasteiger partial charge is 0.503 e. The fourth-order valence-corrected chi connectivity index (χ4v) is 5.02. The van der Waals surface area contributed by atoms with Crippen molar-refractivity contribution in [2.45, 2.75) is 63.2 Å². The van der Waals surface area contributed by atoms with Gasteiger partial charge in [0.05, 0.1) is 19.2 Å². The fraction of sp³-hybridized carbons (Fsp3) is 0.440. The van der Waals surface area contributed by atoms with E-state index in [1.54, 1.807) is 0 Å². The maximum Gasteiger partial charge on any atom is 0.341 e. The molecule has 0 radical (unpaired) electrons. The van der Waals surface area contributed by atoms with Gasteiger partial charge in [-0.15, -0.1) is 0 Å². The number of aliphatic hydroxyl groups is 1. The summed E-state index contributed by atoms with van der Waals surface area (Å²) in [5.41, 5.74) is -1.43. The van der Waals surface area contributed by atoms with E-state index < -0.39 is 58.9 Å². The van der Waals surface area contributed by atoms with Crippen molar-refractivity contribution in [3.05, 3.63) is 63.6 Å². The van der Waals surface area contributed by atoms with Gasteiger partial charge < -0.3 is 30.1 Å². The Morgan fingerprint density at radius 3 is 2.40 bits per heavy atom. The molecule has 2 aromatic rings. The molecular weight excluding hydrogens is 454 g/mol. The number of carboxylic acid groups (broad SMARTS) is 1. The molecule has 2 atom stereocenters. The van der Waals surface area contributed by atoms with Gasteiger partial charge in [0.25, 0.3) is 5.91 Å². The molecule has 1 aliphatic heterocycles. The van der Waals surface area contributed by atoms with Gasteiger partial charge in [0, 0.05) is 12.2 Å². The highest BCUT2D eigenvalue weighted by molar-refractivity contribution is 6.00. The van der Waals surface area contributed by atoms with Crippen molar-refractivity contribution < 1.29 is 29.7 Å². The summed E-state index contributed by atoms with van der Waals surface area (Å²) < 4.78 is 1.15. The smallest absolute Gasteiger partial charge is 0.341 e. The number of hydrogen-bond acceptors (Lipinski definition) is 6. The molecule has 0 bridgehead atoms. The molecule has 0 unspecified atom stereocenters. The van der Waals surface area contributed by atoms with Gasteiger partial charge in [-0.1, -0.05) is 49.6 Å². The molecule has 186 valence electrons. The highest BCUT2D eigenvalue weighted by atomic mass is 16.4. The number of pyridine rings is 1. The van der Waals surface area contributed by atoms with Crippen molar-refractivity contribution in [3.63, 3.8) is 0 Å². The molecule has 4 N–H and O–H groups in total. The number of nitrogens with zero attached hydrogens (tertiary/aromatic N) is 2. The van der Waals surface area contributed by atoms with Crippen LogP contribution in [0.4, 0.5) is 0 Å². The third-order valence-electron chi connectivity index (χ3n) is 6.80. The van der Waals surface area contributed by atoms with Crippen molar-refractivity contribution >= 4 is 17.8 Å². The number of hydrogen-bond donors (Lipinski definition) is 4. The molecule has 10 heteroatoms. The summed E-state index contributed by atoms with van der Waals surface area (Å²) in [6.45, 7) is -0.620. The summed E-state index contributed by atoms with van der Waals surface area (Å²) in [6.07, 6.45) is 5.97. The minimum atomic E-state index is -1.55. The number of aliphatic hydroxyl groups excluding tert-OH is 1. The van der Waals surface area contributed by atoms with Crippen LogP contribution in [0.15, 0.2) is 41.3 Å². The van der Waals surface area contributed by atoms with Crippen LogP contribution < -0.4 is 10.7 Å². The van der Waals surface area contributed by atoms with Crippen molar-refractivity contribution in [2.75, 3.05) is 6.61 Å². The van der Waals surface area contributed by atoms with Gasteiger partial charge in [0.1, 0.15) is 11.6 Å². The molecule has 2 aliphatic rings. The third kappa shape index (κ3) is 4.93. The molecule has 1 aliphatic carbocycles. The summed E-state index contributed by atoms with van der Waals surface area (Å²) >= 11 is 0. The Kier molecular flexibility index (Phi) is 7.20. The third-order valence-corrected chi connectivity index (χ3v) is 6.80. The lowest BCUT2D eigenvalue weighted by Crippen LogP contribution is -2.61. The van der Waals surface area contributed by atoms with Gasteiger partial charge in [0.15, 0.2) is 11.4 Å². The average molecular weight is 484 g/mol. The van der Waals surface area contributed by atoms with E-state index in [1.165, 1.54) is 4.90 Å². The second-order valence-corrected chi connectivity index (χ2v) is 9.12. The molecular formula is C25H29N3O7. The minimum Gasteiger partial charge on any atom is -0.503 e. The number of aromatic nitrogens is 1. The topological polar surface area (TPSA) is 149 Å². The van der Waals surface area contributed by atoms with Gasteiger partial charge in [-0.05, 0) is 24.8 Å². The number of carboxylic acids is 1. The normalized spacial score (nSPS) is 19.2. The average Bonchev–Trinajstić information content (AvgIpc) is 2.85. The van der Waals surface area contributed by atoms with Crippen molar-refractivity contribution in [2.24, 2.45) is 0 Å². The Balaban J connectivity index is 1.75. The van der Waals surface area contributed by atoms with Crippen LogP contribution in [0.3, 0.4) is 0 Å². The molecule has 35 heavy (non-hydrogen) atoms. The molecule has 0 saturated heterocycles. The zero-order chi connectivity index (χ0) is 25.1. The number of aromatic hydroxyl groups is 1. The van der Waals surface area contributed by atoms with E-state index in [9.17, 15) is 34.5 Å². The van der Waals surface area contributed by atoms with Gasteiger partial charge in [-0.3, -0.25) is 14.4 Å². The minimum absolute atomic E-state index is 0.0340. The quantitative estimate of drug-likeness (QED) is 0.461. The summed E-state index contributed by atoms with van der Waals surface area (Å²) in [5, 5.41) is 33.1. The first-order valence-corrected chi connectivity index (χ1v) is 11.8. The number of carbonyl (C=O) groups excluding carboxylic acids is 2. The Morgan fingerprint density at radius 1 is 1.09 bits per heavy atom. The molecule has 2 amide bonds. The van der Waals surface area contributed by atoms with E-state index in [0.717, 1.165) is 48.4 Å². The Labute approximate surface area is 201 Å². The number of aromatic carboxylic acids is 1. The van der Waals surface area contributed by atoms with Crippen LogP contribution in [0, 0.1) is 0 Å². The van der Waals surface area contributed by atoms with Gasteiger partial charge in [-0.2, -0.15) is 0 Å². The maximum atomic E-state index is 13.6. The summed E-state index contributed by atoms with van der Waals surface area (Å²) in [6, 6.07) is 7.24. The second-order valence-electron chi connectivity index (χ2n) is 9.12. The van der Waals surface area contributed by atoms with E-state index >= 15 is 0 Å². The van der Waals surface area contributed by atoms with Crippen molar-refractivity contribution in [1.82, 2.24) is 14.8 Å². The SMILES string of the molecule is O=C(O)c1cn2c(c(O)c1=O)C(=O)N([C@@H](CO)Cc1ccccc1)[C@@H](C(=O)NC1CCCCC1)C2. The summed E-state index contributed by atoms with van der Waals surface area (Å²) in [5.74, 6) is -3.77. The number of benzene rings is 1. The number of nitrogens with one attached hydrogen (secondary N) is 1. The molecule has 1 saturated carbocycles. The number of fused-ring (bicyclic) bond motifs is 1. The molecule has 1 aromatic heterocycles. The van der Waals surface area contributed by atoms with E-state index in [1.807, 2.05) is 30.3 Å². The molecule has 2 heterocycles. The fourth-order valence-electron chi connectivity index (χ4n) is 5.02. The first-order valence-electron chi connectivity index (χ1n) is 11.8. The summed E-state index contributed by atoms with van der Waals surface area (Å²) in [4.78, 5) is 52.2. The number of carbonyl (C=O) groups is 3. The number of amides is 2. The predicted octanol–water partition coefficient (Wildman–Crippen LogP) is 1.13. The Morgan fingerprint density at radius 2 is 1.77 bits per heavy atom. The highest BCUT2D eigenvalue weighted by Crippen LogP contribution is 2.27. The van der Waals surface area contributed by atoms with E-state index in [4.69, 9.17) is 0 Å². The van der Waals surface area contributed by atoms with E-state index in [0.29, 0.717) is 0 Å². The molecule has 1 aromatic carbocycles. The van der Waals surface area contributed by atoms with E-state index in [2.05, 4.69) is 5.32 Å². The highest BCUT2D eigenvalue weighted by Gasteiger charge is 2.43. The lowest BCUT2D eigenvalue weighted by molar-refractivity contribution is -0.128. The molecule has 4 rings (SSSR count). The maximum absolute atomic E-state index is 13.6. The van der Waals surface area contributed by atoms with Crippen molar-refractivity contribution in [3.8, 4) is 5.75 Å². The lowest BCUT2D eigenvalue weighted by Gasteiger charge is -2.41. The molecule has 0 spiro atoms. The van der Waals surface area contributed by atoms with Crippen LogP contribution in [0.1, 0.15) is 58.5 Å². The Hall–Kier alpha value is -3.66. The van der Waals surface area contributed by atoms with Crippen LogP contribution in [-0.4, -0.2) is 67.3 Å². The first-order chi connectivity index (χ1) is 16.8. The van der Waals surface area contributed by atoms with Crippen LogP contribution >= 0.6 is 0 Å².